The SMILES string of the molecule is O=C1CCC(Nc2ccc(I)nc2)C(=O)N1. The zero-order valence-electron chi connectivity index (χ0n) is 8.37. The van der Waals surface area contributed by atoms with E-state index >= 15 is 0 Å². The molecule has 1 aliphatic heterocycles. The molecule has 0 saturated carbocycles. The maximum absolute atomic E-state index is 11.5. The molecule has 0 radical (unpaired) electrons. The molecule has 5 nitrogen and oxygen atoms in total. The minimum Gasteiger partial charge on any atom is -0.372 e. The number of piperidine rings is 1. The summed E-state index contributed by atoms with van der Waals surface area (Å²) >= 11 is 2.11. The highest BCUT2D eigenvalue weighted by atomic mass is 127. The summed E-state index contributed by atoms with van der Waals surface area (Å²) in [5, 5.41) is 5.35. The third-order valence-corrected chi connectivity index (χ3v) is 2.95. The molecule has 84 valence electrons. The van der Waals surface area contributed by atoms with E-state index in [0.717, 1.165) is 9.39 Å². The summed E-state index contributed by atoms with van der Waals surface area (Å²) in [7, 11) is 0. The standard InChI is InChI=1S/C10H10IN3O2/c11-8-3-1-6(5-12-8)13-7-2-4-9(15)14-10(7)16/h1,3,5,7,13H,2,4H2,(H,14,15,16). The Hall–Kier alpha value is -1.18. The number of imide groups is 1. The molecule has 16 heavy (non-hydrogen) atoms. The summed E-state index contributed by atoms with van der Waals surface area (Å²) in [4.78, 5) is 26.5. The number of amides is 2. The number of pyridine rings is 1. The summed E-state index contributed by atoms with van der Waals surface area (Å²) < 4.78 is 0.895. The first-order valence-corrected chi connectivity index (χ1v) is 5.95. The molecule has 2 rings (SSSR count). The van der Waals surface area contributed by atoms with Crippen molar-refractivity contribution in [1.29, 1.82) is 0 Å². The number of nitrogens with zero attached hydrogens (tertiary/aromatic N) is 1. The highest BCUT2D eigenvalue weighted by Gasteiger charge is 2.26. The number of nitrogens with one attached hydrogen (secondary N) is 2. The Kier molecular flexibility index (Phi) is 3.37. The number of hydrogen-bond acceptors (Lipinski definition) is 4. The van der Waals surface area contributed by atoms with Crippen molar-refractivity contribution in [2.75, 3.05) is 5.32 Å². The molecule has 1 unspecified atom stereocenters. The van der Waals surface area contributed by atoms with E-state index in [1.54, 1.807) is 6.20 Å². The van der Waals surface area contributed by atoms with E-state index in [9.17, 15) is 9.59 Å². The van der Waals surface area contributed by atoms with Gasteiger partial charge in [0.2, 0.25) is 11.8 Å². The summed E-state index contributed by atoms with van der Waals surface area (Å²) in [6.45, 7) is 0. The van der Waals surface area contributed by atoms with Gasteiger partial charge in [0.15, 0.2) is 0 Å². The van der Waals surface area contributed by atoms with Crippen LogP contribution in [0.2, 0.25) is 0 Å². The summed E-state index contributed by atoms with van der Waals surface area (Å²) in [5.41, 5.74) is 0.787. The van der Waals surface area contributed by atoms with Crippen molar-refractivity contribution in [2.24, 2.45) is 0 Å². The fourth-order valence-electron chi connectivity index (χ4n) is 1.49. The van der Waals surface area contributed by atoms with Gasteiger partial charge < -0.3 is 5.32 Å². The van der Waals surface area contributed by atoms with Crippen molar-refractivity contribution >= 4 is 40.1 Å². The Labute approximate surface area is 106 Å². The molecular weight excluding hydrogens is 321 g/mol. The third-order valence-electron chi connectivity index (χ3n) is 2.31. The van der Waals surface area contributed by atoms with Gasteiger partial charge in [0, 0.05) is 6.42 Å². The van der Waals surface area contributed by atoms with E-state index < -0.39 is 0 Å². The Bertz CT molecular complexity index is 419. The lowest BCUT2D eigenvalue weighted by molar-refractivity contribution is -0.133. The van der Waals surface area contributed by atoms with Crippen molar-refractivity contribution in [3.63, 3.8) is 0 Å². The number of carbonyl (C=O) groups excluding carboxylic acids is 2. The molecule has 0 spiro atoms. The number of halogens is 1. The molecule has 0 bridgehead atoms. The van der Waals surface area contributed by atoms with Gasteiger partial charge >= 0.3 is 0 Å². The zero-order valence-corrected chi connectivity index (χ0v) is 10.5. The number of anilines is 1. The molecule has 2 N–H and O–H groups in total. The van der Waals surface area contributed by atoms with Gasteiger partial charge in [-0.05, 0) is 41.1 Å². The van der Waals surface area contributed by atoms with E-state index in [-0.39, 0.29) is 17.9 Å². The predicted molar refractivity (Wildman–Crippen MR) is 66.7 cm³/mol. The fraction of sp³-hybridized carbons (Fsp3) is 0.300. The molecule has 0 aliphatic carbocycles. The van der Waals surface area contributed by atoms with Gasteiger partial charge in [-0.1, -0.05) is 0 Å². The predicted octanol–water partition coefficient (Wildman–Crippen LogP) is 0.903. The van der Waals surface area contributed by atoms with Crippen LogP contribution in [0.3, 0.4) is 0 Å². The molecule has 1 aromatic rings. The van der Waals surface area contributed by atoms with Crippen molar-refractivity contribution in [1.82, 2.24) is 10.3 Å². The van der Waals surface area contributed by atoms with Gasteiger partial charge in [-0.25, -0.2) is 4.98 Å². The van der Waals surface area contributed by atoms with E-state index in [1.807, 2.05) is 12.1 Å². The van der Waals surface area contributed by atoms with Crippen LogP contribution in [-0.2, 0) is 9.59 Å². The van der Waals surface area contributed by atoms with Crippen LogP contribution >= 0.6 is 22.6 Å². The van der Waals surface area contributed by atoms with Gasteiger partial charge in [-0.3, -0.25) is 14.9 Å². The molecule has 1 saturated heterocycles. The molecule has 2 amide bonds. The fourth-order valence-corrected chi connectivity index (χ4v) is 1.81. The second-order valence-corrected chi connectivity index (χ2v) is 4.62. The number of aromatic nitrogens is 1. The normalized spacial score (nSPS) is 20.4. The molecule has 0 aromatic carbocycles. The molecule has 1 atom stereocenters. The van der Waals surface area contributed by atoms with Crippen molar-refractivity contribution < 1.29 is 9.59 Å². The second kappa shape index (κ2) is 4.77. The monoisotopic (exact) mass is 331 g/mol. The highest BCUT2D eigenvalue weighted by molar-refractivity contribution is 14.1. The Morgan fingerprint density at radius 3 is 2.88 bits per heavy atom. The van der Waals surface area contributed by atoms with Crippen molar-refractivity contribution in [2.45, 2.75) is 18.9 Å². The first-order chi connectivity index (χ1) is 7.65. The maximum atomic E-state index is 11.5. The second-order valence-electron chi connectivity index (χ2n) is 3.52. The average molecular weight is 331 g/mol. The average Bonchev–Trinajstić information content (AvgIpc) is 2.25. The highest BCUT2D eigenvalue weighted by Crippen LogP contribution is 2.13. The summed E-state index contributed by atoms with van der Waals surface area (Å²) in [6.07, 6.45) is 2.57. The zero-order chi connectivity index (χ0) is 11.5. The van der Waals surface area contributed by atoms with Crippen LogP contribution in [0.5, 0.6) is 0 Å². The number of hydrogen-bond donors (Lipinski definition) is 2. The first-order valence-electron chi connectivity index (χ1n) is 4.87. The molecular formula is C10H10IN3O2. The quantitative estimate of drug-likeness (QED) is 0.480. The minimum absolute atomic E-state index is 0.205. The maximum Gasteiger partial charge on any atom is 0.249 e. The van der Waals surface area contributed by atoms with Gasteiger partial charge in [0.25, 0.3) is 0 Å². The van der Waals surface area contributed by atoms with Crippen molar-refractivity contribution in [3.8, 4) is 0 Å². The Morgan fingerprint density at radius 1 is 1.44 bits per heavy atom. The lowest BCUT2D eigenvalue weighted by Crippen LogP contribution is -2.47. The lowest BCUT2D eigenvalue weighted by Gasteiger charge is -2.22. The van der Waals surface area contributed by atoms with Crippen LogP contribution in [0, 0.1) is 3.70 Å². The number of rotatable bonds is 2. The molecule has 1 aliphatic rings. The van der Waals surface area contributed by atoms with Crippen LogP contribution in [0.4, 0.5) is 5.69 Å². The van der Waals surface area contributed by atoms with Gasteiger partial charge in [-0.2, -0.15) is 0 Å². The van der Waals surface area contributed by atoms with Crippen LogP contribution < -0.4 is 10.6 Å². The topological polar surface area (TPSA) is 71.1 Å². The minimum atomic E-state index is -0.348. The van der Waals surface area contributed by atoms with E-state index in [4.69, 9.17) is 0 Å². The summed E-state index contributed by atoms with van der Waals surface area (Å²) in [5.74, 6) is -0.474. The van der Waals surface area contributed by atoms with Crippen LogP contribution in [0.15, 0.2) is 18.3 Å². The number of carbonyl (C=O) groups is 2. The Morgan fingerprint density at radius 2 is 2.25 bits per heavy atom. The van der Waals surface area contributed by atoms with Gasteiger partial charge in [0.1, 0.15) is 9.74 Å². The molecule has 2 heterocycles. The third kappa shape index (κ3) is 2.69. The lowest BCUT2D eigenvalue weighted by atomic mass is 10.1. The molecule has 1 fully saturated rings. The van der Waals surface area contributed by atoms with Crippen molar-refractivity contribution in [3.05, 3.63) is 22.0 Å². The molecule has 6 heteroatoms. The summed E-state index contributed by atoms with van der Waals surface area (Å²) in [6, 6.07) is 3.37. The van der Waals surface area contributed by atoms with E-state index in [2.05, 4.69) is 38.2 Å². The smallest absolute Gasteiger partial charge is 0.249 e. The van der Waals surface area contributed by atoms with E-state index in [0.29, 0.717) is 12.8 Å². The largest absolute Gasteiger partial charge is 0.372 e. The Balaban J connectivity index is 2.02. The van der Waals surface area contributed by atoms with E-state index in [1.165, 1.54) is 0 Å². The van der Waals surface area contributed by atoms with Gasteiger partial charge in [-0.15, -0.1) is 0 Å². The van der Waals surface area contributed by atoms with Gasteiger partial charge in [0.05, 0.1) is 11.9 Å². The molecule has 1 aromatic heterocycles. The van der Waals surface area contributed by atoms with Crippen LogP contribution in [-0.4, -0.2) is 22.8 Å². The van der Waals surface area contributed by atoms with Crippen LogP contribution in [0.1, 0.15) is 12.8 Å². The van der Waals surface area contributed by atoms with Crippen LogP contribution in [0.25, 0.3) is 0 Å². The first kappa shape index (κ1) is 11.3.